The molecule has 0 bridgehead atoms. The van der Waals surface area contributed by atoms with Crippen LogP contribution in [-0.2, 0) is 24.2 Å². The van der Waals surface area contributed by atoms with Crippen LogP contribution >= 0.6 is 11.3 Å². The Morgan fingerprint density at radius 2 is 2.04 bits per heavy atom. The molecule has 4 rings (SSSR count). The molecule has 1 N–H and O–H groups in total. The van der Waals surface area contributed by atoms with Crippen LogP contribution in [0.25, 0.3) is 0 Å². The zero-order valence-corrected chi connectivity index (χ0v) is 15.1. The molecule has 1 atom stereocenters. The maximum Gasteiger partial charge on any atom is 0.229 e. The third kappa shape index (κ3) is 2.52. The summed E-state index contributed by atoms with van der Waals surface area (Å²) in [5, 5.41) is 4.54. The molecule has 1 saturated heterocycles. The standard InChI is InChI=1S/C18H27N3OS/c1-17(12-18(17)7-9-19-10-8-18)16(22)21(2)11-15-20-13-5-3-4-6-14(13)23-15/h19H,3-12H2,1-2H3. The van der Waals surface area contributed by atoms with Gasteiger partial charge in [-0.15, -0.1) is 11.3 Å². The molecule has 1 spiro atoms. The Kier molecular flexibility index (Phi) is 3.76. The van der Waals surface area contributed by atoms with Gasteiger partial charge < -0.3 is 10.2 Å². The number of carbonyl (C=O) groups is 1. The predicted molar refractivity (Wildman–Crippen MR) is 92.5 cm³/mol. The van der Waals surface area contributed by atoms with Crippen molar-refractivity contribution in [2.75, 3.05) is 20.1 Å². The third-order valence-electron chi connectivity index (χ3n) is 6.38. The van der Waals surface area contributed by atoms with E-state index in [1.165, 1.54) is 29.8 Å². The fourth-order valence-corrected chi connectivity index (χ4v) is 5.95. The van der Waals surface area contributed by atoms with Crippen molar-refractivity contribution in [1.29, 1.82) is 0 Å². The number of nitrogens with zero attached hydrogens (tertiary/aromatic N) is 2. The maximum atomic E-state index is 13.0. The van der Waals surface area contributed by atoms with Crippen molar-refractivity contribution >= 4 is 17.2 Å². The Morgan fingerprint density at radius 3 is 2.78 bits per heavy atom. The van der Waals surface area contributed by atoms with E-state index in [1.54, 1.807) is 0 Å². The molecule has 23 heavy (non-hydrogen) atoms. The summed E-state index contributed by atoms with van der Waals surface area (Å²) in [5.74, 6) is 0.326. The molecule has 5 heteroatoms. The lowest BCUT2D eigenvalue weighted by Gasteiger charge is -2.29. The van der Waals surface area contributed by atoms with E-state index >= 15 is 0 Å². The summed E-state index contributed by atoms with van der Waals surface area (Å²) in [6.07, 6.45) is 8.22. The molecule has 3 aliphatic rings. The highest BCUT2D eigenvalue weighted by atomic mass is 32.1. The molecule has 126 valence electrons. The minimum Gasteiger partial charge on any atom is -0.339 e. The van der Waals surface area contributed by atoms with E-state index in [4.69, 9.17) is 4.98 Å². The second-order valence-corrected chi connectivity index (χ2v) is 9.05. The number of carbonyl (C=O) groups excluding carboxylic acids is 1. The average Bonchev–Trinajstić information content (AvgIpc) is 2.93. The van der Waals surface area contributed by atoms with E-state index in [0.717, 1.165) is 43.8 Å². The molecule has 1 aliphatic heterocycles. The number of thiazole rings is 1. The van der Waals surface area contributed by atoms with E-state index < -0.39 is 0 Å². The Hall–Kier alpha value is -0.940. The van der Waals surface area contributed by atoms with Gasteiger partial charge in [0.05, 0.1) is 17.7 Å². The molecule has 1 saturated carbocycles. The highest BCUT2D eigenvalue weighted by molar-refractivity contribution is 7.11. The minimum absolute atomic E-state index is 0.138. The fourth-order valence-electron chi connectivity index (χ4n) is 4.74. The quantitative estimate of drug-likeness (QED) is 0.925. The monoisotopic (exact) mass is 333 g/mol. The topological polar surface area (TPSA) is 45.2 Å². The summed E-state index contributed by atoms with van der Waals surface area (Å²) < 4.78 is 0. The largest absolute Gasteiger partial charge is 0.339 e. The molecule has 1 aromatic heterocycles. The van der Waals surface area contributed by atoms with Gasteiger partial charge in [0.1, 0.15) is 5.01 Å². The molecular formula is C18H27N3OS. The van der Waals surface area contributed by atoms with Gasteiger partial charge in [-0.3, -0.25) is 4.79 Å². The van der Waals surface area contributed by atoms with Gasteiger partial charge in [0.25, 0.3) is 0 Å². The summed E-state index contributed by atoms with van der Waals surface area (Å²) in [6, 6.07) is 0. The van der Waals surface area contributed by atoms with Gasteiger partial charge in [0.2, 0.25) is 5.91 Å². The van der Waals surface area contributed by atoms with Crippen LogP contribution in [0.2, 0.25) is 0 Å². The number of hydrogen-bond donors (Lipinski definition) is 1. The molecule has 1 amide bonds. The van der Waals surface area contributed by atoms with Crippen LogP contribution < -0.4 is 5.32 Å². The number of aromatic nitrogens is 1. The van der Waals surface area contributed by atoms with Crippen LogP contribution in [0.4, 0.5) is 0 Å². The fraction of sp³-hybridized carbons (Fsp3) is 0.778. The minimum atomic E-state index is -0.138. The molecule has 2 fully saturated rings. The van der Waals surface area contributed by atoms with E-state index in [-0.39, 0.29) is 10.8 Å². The summed E-state index contributed by atoms with van der Waals surface area (Å²) in [5.41, 5.74) is 1.43. The second-order valence-electron chi connectivity index (χ2n) is 7.89. The van der Waals surface area contributed by atoms with Gasteiger partial charge in [-0.05, 0) is 63.5 Å². The normalized spacial score (nSPS) is 28.4. The Labute approximate surface area is 142 Å². The van der Waals surface area contributed by atoms with Crippen LogP contribution in [-0.4, -0.2) is 35.9 Å². The summed E-state index contributed by atoms with van der Waals surface area (Å²) in [6.45, 7) is 4.99. The third-order valence-corrected chi connectivity index (χ3v) is 7.52. The number of aryl methyl sites for hydroxylation is 2. The molecule has 2 aliphatic carbocycles. The van der Waals surface area contributed by atoms with Crippen molar-refractivity contribution in [3.63, 3.8) is 0 Å². The van der Waals surface area contributed by atoms with Crippen molar-refractivity contribution in [2.24, 2.45) is 10.8 Å². The van der Waals surface area contributed by atoms with Gasteiger partial charge in [0, 0.05) is 11.9 Å². The lowest BCUT2D eigenvalue weighted by molar-refractivity contribution is -0.137. The molecule has 2 heterocycles. The number of piperidine rings is 1. The summed E-state index contributed by atoms with van der Waals surface area (Å²) in [4.78, 5) is 21.2. The van der Waals surface area contributed by atoms with E-state index in [2.05, 4.69) is 12.2 Å². The maximum absolute atomic E-state index is 13.0. The number of fused-ring (bicyclic) bond motifs is 1. The SMILES string of the molecule is CN(Cc1nc2c(s1)CCCC2)C(=O)C1(C)CC12CCNCC2. The molecule has 4 nitrogen and oxygen atoms in total. The van der Waals surface area contributed by atoms with Crippen LogP contribution in [0.1, 0.15) is 54.6 Å². The lowest BCUT2D eigenvalue weighted by Crippen LogP contribution is -2.39. The molecule has 1 aromatic rings. The van der Waals surface area contributed by atoms with Gasteiger partial charge in [-0.1, -0.05) is 6.92 Å². The highest BCUT2D eigenvalue weighted by Gasteiger charge is 2.68. The lowest BCUT2D eigenvalue weighted by atomic mass is 9.85. The van der Waals surface area contributed by atoms with Crippen molar-refractivity contribution in [2.45, 2.75) is 58.4 Å². The van der Waals surface area contributed by atoms with E-state index in [0.29, 0.717) is 12.5 Å². The van der Waals surface area contributed by atoms with E-state index in [1.807, 2.05) is 23.3 Å². The number of rotatable bonds is 3. The highest BCUT2D eigenvalue weighted by Crippen LogP contribution is 2.68. The Balaban J connectivity index is 1.44. The van der Waals surface area contributed by atoms with Crippen molar-refractivity contribution in [3.05, 3.63) is 15.6 Å². The predicted octanol–water partition coefficient (Wildman–Crippen LogP) is 2.76. The molecular weight excluding hydrogens is 306 g/mol. The number of nitrogens with one attached hydrogen (secondary N) is 1. The van der Waals surface area contributed by atoms with Crippen LogP contribution in [0.3, 0.4) is 0 Å². The van der Waals surface area contributed by atoms with Crippen LogP contribution in [0, 0.1) is 10.8 Å². The van der Waals surface area contributed by atoms with Gasteiger partial charge >= 0.3 is 0 Å². The summed E-state index contributed by atoms with van der Waals surface area (Å²) >= 11 is 1.82. The van der Waals surface area contributed by atoms with Crippen LogP contribution in [0.15, 0.2) is 0 Å². The first-order valence-corrected chi connectivity index (χ1v) is 9.80. The Morgan fingerprint density at radius 1 is 1.30 bits per heavy atom. The zero-order valence-electron chi connectivity index (χ0n) is 14.3. The summed E-state index contributed by atoms with van der Waals surface area (Å²) in [7, 11) is 1.96. The second kappa shape index (κ2) is 5.55. The average molecular weight is 334 g/mol. The number of hydrogen-bond acceptors (Lipinski definition) is 4. The first kappa shape index (κ1) is 15.6. The van der Waals surface area contributed by atoms with Crippen molar-refractivity contribution in [3.8, 4) is 0 Å². The first-order chi connectivity index (χ1) is 11.0. The Bertz CT molecular complexity index is 596. The molecule has 0 radical (unpaired) electrons. The molecule has 1 unspecified atom stereocenters. The first-order valence-electron chi connectivity index (χ1n) is 8.98. The van der Waals surface area contributed by atoms with Crippen molar-refractivity contribution < 1.29 is 4.79 Å². The van der Waals surface area contributed by atoms with Gasteiger partial charge in [0.15, 0.2) is 0 Å². The smallest absolute Gasteiger partial charge is 0.229 e. The molecule has 0 aromatic carbocycles. The number of amides is 1. The van der Waals surface area contributed by atoms with Crippen LogP contribution in [0.5, 0.6) is 0 Å². The van der Waals surface area contributed by atoms with E-state index in [9.17, 15) is 4.79 Å². The zero-order chi connectivity index (χ0) is 16.1. The van der Waals surface area contributed by atoms with Gasteiger partial charge in [-0.25, -0.2) is 4.98 Å². The van der Waals surface area contributed by atoms with Crippen molar-refractivity contribution in [1.82, 2.24) is 15.2 Å². The van der Waals surface area contributed by atoms with Gasteiger partial charge in [-0.2, -0.15) is 0 Å².